The van der Waals surface area contributed by atoms with Crippen molar-refractivity contribution < 1.29 is 19.0 Å². The standard InChI is InChI=1S/C25H29ClN4O4S/c1-7-10-30-24(17(4)34-19-11-15(2)23(26)16(3)12-19)28-29-25(30)35-14-22(31)27-20-9-8-18(32-5)13-21(20)33-6/h7-9,11-13,17H,1,10,14H2,2-6H3,(H,27,31). The first-order valence-electron chi connectivity index (χ1n) is 10.9. The van der Waals surface area contributed by atoms with Gasteiger partial charge in [0.25, 0.3) is 0 Å². The number of rotatable bonds is 11. The number of hydrogen-bond donors (Lipinski definition) is 1. The number of amides is 1. The number of methoxy groups -OCH3 is 2. The second kappa shape index (κ2) is 12.0. The van der Waals surface area contributed by atoms with E-state index >= 15 is 0 Å². The van der Waals surface area contributed by atoms with Crippen molar-refractivity contribution >= 4 is 35.0 Å². The highest BCUT2D eigenvalue weighted by atomic mass is 35.5. The first kappa shape index (κ1) is 26.4. The lowest BCUT2D eigenvalue weighted by Crippen LogP contribution is -2.16. The molecular formula is C25H29ClN4O4S. The average Bonchev–Trinajstić information content (AvgIpc) is 3.24. The molecule has 1 N–H and O–H groups in total. The lowest BCUT2D eigenvalue weighted by Gasteiger charge is -2.17. The second-order valence-corrected chi connectivity index (χ2v) is 9.09. The van der Waals surface area contributed by atoms with Crippen molar-refractivity contribution in [1.29, 1.82) is 0 Å². The Morgan fingerprint density at radius 2 is 1.89 bits per heavy atom. The molecule has 186 valence electrons. The van der Waals surface area contributed by atoms with Crippen molar-refractivity contribution in [3.8, 4) is 17.2 Å². The van der Waals surface area contributed by atoms with E-state index in [9.17, 15) is 4.79 Å². The van der Waals surface area contributed by atoms with Gasteiger partial charge in [-0.25, -0.2) is 0 Å². The maximum Gasteiger partial charge on any atom is 0.234 e. The van der Waals surface area contributed by atoms with E-state index in [2.05, 4.69) is 22.1 Å². The third-order valence-corrected chi connectivity index (χ3v) is 6.72. The molecule has 8 nitrogen and oxygen atoms in total. The van der Waals surface area contributed by atoms with Crippen molar-refractivity contribution in [2.24, 2.45) is 0 Å². The summed E-state index contributed by atoms with van der Waals surface area (Å²) in [6, 6.07) is 8.99. The highest BCUT2D eigenvalue weighted by molar-refractivity contribution is 7.99. The van der Waals surface area contributed by atoms with E-state index in [4.69, 9.17) is 25.8 Å². The van der Waals surface area contributed by atoms with E-state index in [1.54, 1.807) is 31.4 Å². The number of nitrogens with zero attached hydrogens (tertiary/aromatic N) is 3. The molecule has 35 heavy (non-hydrogen) atoms. The number of carbonyl (C=O) groups is 1. The average molecular weight is 517 g/mol. The Balaban J connectivity index is 1.70. The Bertz CT molecular complexity index is 1190. The fraction of sp³-hybridized carbons (Fsp3) is 0.320. The number of allylic oxidation sites excluding steroid dienone is 1. The second-order valence-electron chi connectivity index (χ2n) is 7.77. The highest BCUT2D eigenvalue weighted by Crippen LogP contribution is 2.31. The Hall–Kier alpha value is -3.17. The summed E-state index contributed by atoms with van der Waals surface area (Å²) in [7, 11) is 3.11. The molecule has 1 heterocycles. The minimum Gasteiger partial charge on any atom is -0.497 e. The molecule has 3 rings (SSSR count). The Kier molecular flexibility index (Phi) is 9.06. The van der Waals surface area contributed by atoms with E-state index in [0.717, 1.165) is 16.1 Å². The van der Waals surface area contributed by atoms with Crippen LogP contribution in [-0.2, 0) is 11.3 Å². The van der Waals surface area contributed by atoms with Gasteiger partial charge in [-0.2, -0.15) is 0 Å². The summed E-state index contributed by atoms with van der Waals surface area (Å²) in [5.74, 6) is 2.42. The molecular weight excluding hydrogens is 488 g/mol. The van der Waals surface area contributed by atoms with Crippen LogP contribution in [0.15, 0.2) is 48.1 Å². The molecule has 0 fully saturated rings. The van der Waals surface area contributed by atoms with Crippen LogP contribution in [0.4, 0.5) is 5.69 Å². The third-order valence-electron chi connectivity index (χ3n) is 5.16. The number of benzene rings is 2. The minimum absolute atomic E-state index is 0.134. The molecule has 2 aromatic carbocycles. The number of ether oxygens (including phenoxy) is 3. The summed E-state index contributed by atoms with van der Waals surface area (Å²) in [6.45, 7) is 10.1. The molecule has 0 bridgehead atoms. The lowest BCUT2D eigenvalue weighted by atomic mass is 10.1. The summed E-state index contributed by atoms with van der Waals surface area (Å²) in [6.07, 6.45) is 1.37. The van der Waals surface area contributed by atoms with Crippen molar-refractivity contribution in [2.45, 2.75) is 38.6 Å². The van der Waals surface area contributed by atoms with E-state index < -0.39 is 0 Å². The number of aromatic nitrogens is 3. The lowest BCUT2D eigenvalue weighted by molar-refractivity contribution is -0.113. The largest absolute Gasteiger partial charge is 0.497 e. The fourth-order valence-corrected chi connectivity index (χ4v) is 4.32. The third kappa shape index (κ3) is 6.49. The molecule has 0 saturated heterocycles. The van der Waals surface area contributed by atoms with E-state index in [1.807, 2.05) is 37.5 Å². The normalized spacial score (nSPS) is 11.6. The molecule has 1 aromatic heterocycles. The summed E-state index contributed by atoms with van der Waals surface area (Å²) in [5.41, 5.74) is 2.44. The SMILES string of the molecule is C=CCn1c(SCC(=O)Nc2ccc(OC)cc2OC)nnc1C(C)Oc1cc(C)c(Cl)c(C)c1. The van der Waals surface area contributed by atoms with Crippen molar-refractivity contribution in [2.75, 3.05) is 25.3 Å². The maximum atomic E-state index is 12.6. The van der Waals surface area contributed by atoms with Gasteiger partial charge in [0.1, 0.15) is 17.2 Å². The van der Waals surface area contributed by atoms with Crippen LogP contribution in [0.5, 0.6) is 17.2 Å². The minimum atomic E-state index is -0.380. The zero-order chi connectivity index (χ0) is 25.5. The Labute approximate surface area is 214 Å². The Morgan fingerprint density at radius 3 is 2.51 bits per heavy atom. The number of hydrogen-bond acceptors (Lipinski definition) is 7. The molecule has 1 amide bonds. The molecule has 0 aliphatic rings. The number of halogens is 1. The predicted octanol–water partition coefficient (Wildman–Crippen LogP) is 5.62. The highest BCUT2D eigenvalue weighted by Gasteiger charge is 2.20. The van der Waals surface area contributed by atoms with E-state index in [0.29, 0.717) is 40.5 Å². The Morgan fingerprint density at radius 1 is 1.17 bits per heavy atom. The summed E-state index contributed by atoms with van der Waals surface area (Å²) in [5, 5.41) is 12.8. The first-order valence-corrected chi connectivity index (χ1v) is 12.3. The molecule has 0 radical (unpaired) electrons. The summed E-state index contributed by atoms with van der Waals surface area (Å²) >= 11 is 7.55. The van der Waals surface area contributed by atoms with E-state index in [1.165, 1.54) is 18.9 Å². The van der Waals surface area contributed by atoms with Crippen molar-refractivity contribution in [3.63, 3.8) is 0 Å². The molecule has 0 spiro atoms. The van der Waals surface area contributed by atoms with Crippen molar-refractivity contribution in [1.82, 2.24) is 14.8 Å². The van der Waals surface area contributed by atoms with Crippen LogP contribution in [0, 0.1) is 13.8 Å². The number of carbonyl (C=O) groups excluding carboxylic acids is 1. The van der Waals surface area contributed by atoms with Crippen LogP contribution >= 0.6 is 23.4 Å². The van der Waals surface area contributed by atoms with Crippen LogP contribution in [0.25, 0.3) is 0 Å². The zero-order valence-electron chi connectivity index (χ0n) is 20.4. The van der Waals surface area contributed by atoms with Gasteiger partial charge in [-0.05, 0) is 56.2 Å². The fourth-order valence-electron chi connectivity index (χ4n) is 3.46. The van der Waals surface area contributed by atoms with Gasteiger partial charge in [-0.3, -0.25) is 9.36 Å². The number of aryl methyl sites for hydroxylation is 2. The predicted molar refractivity (Wildman–Crippen MR) is 139 cm³/mol. The monoisotopic (exact) mass is 516 g/mol. The van der Waals surface area contributed by atoms with Gasteiger partial charge in [0.2, 0.25) is 5.91 Å². The van der Waals surface area contributed by atoms with E-state index in [-0.39, 0.29) is 17.8 Å². The van der Waals surface area contributed by atoms with Gasteiger partial charge in [0.15, 0.2) is 17.1 Å². The number of thioether (sulfide) groups is 1. The number of anilines is 1. The van der Waals surface area contributed by atoms with Crippen LogP contribution in [-0.4, -0.2) is 40.6 Å². The van der Waals surface area contributed by atoms with Gasteiger partial charge < -0.3 is 19.5 Å². The summed E-state index contributed by atoms with van der Waals surface area (Å²) in [4.78, 5) is 12.6. The molecule has 3 aromatic rings. The number of nitrogens with one attached hydrogen (secondary N) is 1. The first-order chi connectivity index (χ1) is 16.8. The van der Waals surface area contributed by atoms with Crippen LogP contribution < -0.4 is 19.5 Å². The molecule has 0 saturated carbocycles. The van der Waals surface area contributed by atoms with Crippen LogP contribution in [0.2, 0.25) is 5.02 Å². The molecule has 0 aliphatic heterocycles. The molecule has 10 heteroatoms. The van der Waals surface area contributed by atoms with Crippen LogP contribution in [0.1, 0.15) is 30.0 Å². The van der Waals surface area contributed by atoms with Crippen LogP contribution in [0.3, 0.4) is 0 Å². The summed E-state index contributed by atoms with van der Waals surface area (Å²) < 4.78 is 18.6. The maximum absolute atomic E-state index is 12.6. The zero-order valence-corrected chi connectivity index (χ0v) is 22.0. The van der Waals surface area contributed by atoms with Gasteiger partial charge in [0, 0.05) is 17.6 Å². The van der Waals surface area contributed by atoms with Gasteiger partial charge in [0.05, 0.1) is 25.7 Å². The molecule has 0 aliphatic carbocycles. The quantitative estimate of drug-likeness (QED) is 0.261. The van der Waals surface area contributed by atoms with Gasteiger partial charge >= 0.3 is 0 Å². The van der Waals surface area contributed by atoms with Gasteiger partial charge in [-0.15, -0.1) is 16.8 Å². The van der Waals surface area contributed by atoms with Crippen molar-refractivity contribution in [3.05, 3.63) is 65.0 Å². The molecule has 1 atom stereocenters. The smallest absolute Gasteiger partial charge is 0.234 e. The molecule has 1 unspecified atom stereocenters. The van der Waals surface area contributed by atoms with Gasteiger partial charge in [-0.1, -0.05) is 29.4 Å². The topological polar surface area (TPSA) is 87.5 Å².